The van der Waals surface area contributed by atoms with Crippen molar-refractivity contribution in [1.29, 1.82) is 0 Å². The van der Waals surface area contributed by atoms with Crippen LogP contribution in [0.15, 0.2) is 48.7 Å². The molecular weight excluding hydrogens is 562 g/mol. The van der Waals surface area contributed by atoms with Crippen molar-refractivity contribution in [2.75, 3.05) is 43.9 Å². The first-order chi connectivity index (χ1) is 20.5. The van der Waals surface area contributed by atoms with E-state index < -0.39 is 23.5 Å². The number of amides is 2. The van der Waals surface area contributed by atoms with Crippen molar-refractivity contribution in [2.24, 2.45) is 5.92 Å². The van der Waals surface area contributed by atoms with E-state index in [1.165, 1.54) is 30.5 Å². The third-order valence-electron chi connectivity index (χ3n) is 7.54. The molecular formula is C32H31F4N5O2. The van der Waals surface area contributed by atoms with E-state index >= 15 is 0 Å². The van der Waals surface area contributed by atoms with Gasteiger partial charge in [-0.1, -0.05) is 24.0 Å². The largest absolute Gasteiger partial charge is 0.416 e. The number of anilines is 2. The Labute approximate surface area is 247 Å². The van der Waals surface area contributed by atoms with Gasteiger partial charge >= 0.3 is 6.18 Å². The summed E-state index contributed by atoms with van der Waals surface area (Å²) in [6.45, 7) is 4.90. The maximum atomic E-state index is 14.5. The van der Waals surface area contributed by atoms with Gasteiger partial charge in [0.05, 0.1) is 5.56 Å². The number of hydrogen-bond acceptors (Lipinski definition) is 5. The van der Waals surface area contributed by atoms with Gasteiger partial charge in [0.2, 0.25) is 5.91 Å². The normalized spacial score (nSPS) is 15.9. The van der Waals surface area contributed by atoms with Crippen LogP contribution in [0.3, 0.4) is 0 Å². The molecule has 2 amide bonds. The first-order valence-electron chi connectivity index (χ1n) is 14.0. The Morgan fingerprint density at radius 3 is 2.42 bits per heavy atom. The van der Waals surface area contributed by atoms with Crippen LogP contribution in [0.1, 0.15) is 51.0 Å². The topological polar surface area (TPSA) is 77.6 Å². The number of hydrogen-bond donors (Lipinski definition) is 2. The summed E-state index contributed by atoms with van der Waals surface area (Å²) < 4.78 is 56.4. The molecule has 0 bridgehead atoms. The van der Waals surface area contributed by atoms with Crippen LogP contribution in [0.4, 0.5) is 29.1 Å². The smallest absolute Gasteiger partial charge is 0.322 e. The molecule has 2 aliphatic rings. The maximum absolute atomic E-state index is 14.5. The number of aromatic nitrogens is 1. The average Bonchev–Trinajstić information content (AvgIpc) is 3.81. The number of halogens is 4. The Morgan fingerprint density at radius 2 is 1.74 bits per heavy atom. The van der Waals surface area contributed by atoms with Crippen LogP contribution in [0.25, 0.3) is 0 Å². The lowest BCUT2D eigenvalue weighted by molar-refractivity contribution is -0.138. The fourth-order valence-electron chi connectivity index (χ4n) is 4.71. The number of alkyl halides is 3. The molecule has 5 rings (SSSR count). The van der Waals surface area contributed by atoms with E-state index in [1.54, 1.807) is 19.1 Å². The number of pyridine rings is 1. The highest BCUT2D eigenvalue weighted by Crippen LogP contribution is 2.35. The van der Waals surface area contributed by atoms with Gasteiger partial charge in [0.1, 0.15) is 0 Å². The van der Waals surface area contributed by atoms with Gasteiger partial charge in [0, 0.05) is 67.2 Å². The number of aryl methyl sites for hydroxylation is 1. The van der Waals surface area contributed by atoms with E-state index in [0.29, 0.717) is 18.7 Å². The molecule has 3 aromatic rings. The van der Waals surface area contributed by atoms with E-state index in [-0.39, 0.29) is 46.6 Å². The van der Waals surface area contributed by atoms with Crippen molar-refractivity contribution in [3.05, 3.63) is 87.9 Å². The van der Waals surface area contributed by atoms with Crippen LogP contribution in [-0.4, -0.2) is 59.8 Å². The first kappa shape index (κ1) is 30.2. The molecule has 1 aromatic heterocycles. The van der Waals surface area contributed by atoms with Crippen LogP contribution in [0.2, 0.25) is 0 Å². The van der Waals surface area contributed by atoms with Gasteiger partial charge in [-0.3, -0.25) is 14.5 Å². The van der Waals surface area contributed by atoms with E-state index in [4.69, 9.17) is 0 Å². The summed E-state index contributed by atoms with van der Waals surface area (Å²) in [5.74, 6) is 3.91. The van der Waals surface area contributed by atoms with Gasteiger partial charge in [0.15, 0.2) is 11.6 Å². The second kappa shape index (κ2) is 12.5. The summed E-state index contributed by atoms with van der Waals surface area (Å²) in [6.07, 6.45) is -1.67. The Hall–Kier alpha value is -4.27. The number of piperazine rings is 1. The number of likely N-dealkylation sites (N-methyl/N-ethyl adjacent to an activating group) is 1. The van der Waals surface area contributed by atoms with Crippen LogP contribution in [0.5, 0.6) is 0 Å². The van der Waals surface area contributed by atoms with Crippen molar-refractivity contribution < 1.29 is 27.2 Å². The summed E-state index contributed by atoms with van der Waals surface area (Å²) in [4.78, 5) is 33.0. The van der Waals surface area contributed by atoms with Crippen LogP contribution in [0, 0.1) is 30.5 Å². The standard InChI is InChI=1S/C32H31F4N5O2/c1-20-3-5-24(16-23(20)6-4-21-15-28(33)29(37-18-21)39-30(42)22-7-8-22)31(43)38-26-10-9-25(27(17-26)32(34,35)36)19-41-13-11-40(2)12-14-41/h3,5,9-10,15-18,22H,7-8,11-14,19H2,1-2H3,(H,38,43)(H,37,39,42). The fraction of sp³-hybridized carbons (Fsp3) is 0.344. The third kappa shape index (κ3) is 7.77. The minimum atomic E-state index is -4.58. The van der Waals surface area contributed by atoms with Crippen molar-refractivity contribution >= 4 is 23.3 Å². The average molecular weight is 594 g/mol. The third-order valence-corrected chi connectivity index (χ3v) is 7.54. The molecule has 0 atom stereocenters. The molecule has 2 fully saturated rings. The molecule has 2 N–H and O–H groups in total. The predicted molar refractivity (Wildman–Crippen MR) is 155 cm³/mol. The molecule has 0 unspecified atom stereocenters. The van der Waals surface area contributed by atoms with Crippen molar-refractivity contribution in [1.82, 2.24) is 14.8 Å². The number of rotatable bonds is 6. The van der Waals surface area contributed by atoms with Crippen LogP contribution >= 0.6 is 0 Å². The van der Waals surface area contributed by atoms with E-state index in [0.717, 1.165) is 37.6 Å². The number of nitrogens with zero attached hydrogens (tertiary/aromatic N) is 3. The number of carbonyl (C=O) groups is 2. The van der Waals surface area contributed by atoms with Crippen molar-refractivity contribution in [2.45, 2.75) is 32.5 Å². The molecule has 0 radical (unpaired) electrons. The Bertz CT molecular complexity index is 1600. The van der Waals surface area contributed by atoms with E-state index in [2.05, 4.69) is 32.4 Å². The summed E-state index contributed by atoms with van der Waals surface area (Å²) in [5.41, 5.74) is 1.12. The molecule has 224 valence electrons. The van der Waals surface area contributed by atoms with Gasteiger partial charge in [0.25, 0.3) is 5.91 Å². The highest BCUT2D eigenvalue weighted by atomic mass is 19.4. The first-order valence-corrected chi connectivity index (χ1v) is 14.0. The quantitative estimate of drug-likeness (QED) is 0.300. The van der Waals surface area contributed by atoms with Crippen molar-refractivity contribution in [3.63, 3.8) is 0 Å². The molecule has 11 heteroatoms. The molecule has 2 heterocycles. The Kier molecular flexibility index (Phi) is 8.80. The summed E-state index contributed by atoms with van der Waals surface area (Å²) in [5, 5.41) is 5.04. The minimum absolute atomic E-state index is 0.0306. The minimum Gasteiger partial charge on any atom is -0.322 e. The van der Waals surface area contributed by atoms with Crippen LogP contribution < -0.4 is 10.6 Å². The second-order valence-corrected chi connectivity index (χ2v) is 11.0. The lowest BCUT2D eigenvalue weighted by Crippen LogP contribution is -2.44. The Morgan fingerprint density at radius 1 is 1.00 bits per heavy atom. The van der Waals surface area contributed by atoms with Crippen molar-refractivity contribution in [3.8, 4) is 11.8 Å². The maximum Gasteiger partial charge on any atom is 0.416 e. The highest BCUT2D eigenvalue weighted by molar-refractivity contribution is 6.04. The molecule has 1 aliphatic carbocycles. The molecule has 1 saturated carbocycles. The zero-order chi connectivity index (χ0) is 30.7. The van der Waals surface area contributed by atoms with Crippen LogP contribution in [-0.2, 0) is 17.5 Å². The second-order valence-electron chi connectivity index (χ2n) is 11.0. The van der Waals surface area contributed by atoms with Gasteiger partial charge in [-0.2, -0.15) is 13.2 Å². The molecule has 0 spiro atoms. The zero-order valence-electron chi connectivity index (χ0n) is 23.8. The molecule has 1 aliphatic heterocycles. The summed E-state index contributed by atoms with van der Waals surface area (Å²) in [7, 11) is 1.98. The monoisotopic (exact) mass is 593 g/mol. The lowest BCUT2D eigenvalue weighted by Gasteiger charge is -2.33. The van der Waals surface area contributed by atoms with E-state index in [1.807, 2.05) is 11.9 Å². The molecule has 1 saturated heterocycles. The molecule has 43 heavy (non-hydrogen) atoms. The number of nitrogens with one attached hydrogen (secondary N) is 2. The predicted octanol–water partition coefficient (Wildman–Crippen LogP) is 5.30. The Balaban J connectivity index is 1.29. The van der Waals surface area contributed by atoms with E-state index in [9.17, 15) is 27.2 Å². The lowest BCUT2D eigenvalue weighted by atomic mass is 10.0. The van der Waals surface area contributed by atoms with Gasteiger partial charge in [-0.15, -0.1) is 0 Å². The zero-order valence-corrected chi connectivity index (χ0v) is 23.8. The number of carbonyl (C=O) groups excluding carboxylic acids is 2. The fourth-order valence-corrected chi connectivity index (χ4v) is 4.71. The van der Waals surface area contributed by atoms with Gasteiger partial charge in [-0.05, 0) is 68.3 Å². The number of benzene rings is 2. The van der Waals surface area contributed by atoms with Gasteiger partial charge in [-0.25, -0.2) is 9.37 Å². The molecule has 2 aromatic carbocycles. The molecule has 7 nitrogen and oxygen atoms in total. The SMILES string of the molecule is Cc1ccc(C(=O)Nc2ccc(CN3CCN(C)CC3)c(C(F)(F)F)c2)cc1C#Cc1cnc(NC(=O)C2CC2)c(F)c1. The summed E-state index contributed by atoms with van der Waals surface area (Å²) in [6, 6.07) is 9.79. The summed E-state index contributed by atoms with van der Waals surface area (Å²) >= 11 is 0. The highest BCUT2D eigenvalue weighted by Gasteiger charge is 2.34. The van der Waals surface area contributed by atoms with Gasteiger partial charge < -0.3 is 15.5 Å².